The van der Waals surface area contributed by atoms with Crippen molar-refractivity contribution in [2.24, 2.45) is 23.7 Å². The lowest BCUT2D eigenvalue weighted by Gasteiger charge is -2.49. The van der Waals surface area contributed by atoms with Crippen molar-refractivity contribution in [2.45, 2.75) is 89.6 Å². The van der Waals surface area contributed by atoms with Gasteiger partial charge in [0, 0.05) is 0 Å². The molecule has 2 saturated carbocycles. The van der Waals surface area contributed by atoms with Gasteiger partial charge in [0.25, 0.3) is 0 Å². The topological polar surface area (TPSA) is 53.0 Å². The fourth-order valence-corrected chi connectivity index (χ4v) is 5.34. The van der Waals surface area contributed by atoms with Crippen molar-refractivity contribution >= 4 is 0 Å². The molecule has 0 spiro atoms. The molecule has 3 rings (SSSR count). The summed E-state index contributed by atoms with van der Waals surface area (Å²) in [7, 11) is 0. The summed E-state index contributed by atoms with van der Waals surface area (Å²) in [5.74, 6) is 1.89. The van der Waals surface area contributed by atoms with Crippen molar-refractivity contribution in [1.82, 2.24) is 0 Å². The van der Waals surface area contributed by atoms with E-state index in [9.17, 15) is 10.2 Å². The molecule has 7 atom stereocenters. The standard InChI is InChI=1S/C20H34O3/c1-12(2)14-8-10-19(4,22)15-7-6-13(3)16(21)9-11-20(5)18(23-20)17(14)15/h12,14-18,21-22H,3,6-11H2,1-2,4-5H3/t14-,15-,16-,17-,18+,19-,20+/m1/s1. The highest BCUT2D eigenvalue weighted by Gasteiger charge is 2.62. The highest BCUT2D eigenvalue weighted by atomic mass is 16.6. The Morgan fingerprint density at radius 1 is 1.17 bits per heavy atom. The van der Waals surface area contributed by atoms with Gasteiger partial charge in [-0.3, -0.25) is 0 Å². The minimum absolute atomic E-state index is 0.123. The summed E-state index contributed by atoms with van der Waals surface area (Å²) >= 11 is 0. The molecule has 1 saturated heterocycles. The molecular formula is C20H34O3. The fraction of sp³-hybridized carbons (Fsp3) is 0.900. The Labute approximate surface area is 141 Å². The first-order valence-corrected chi connectivity index (χ1v) is 9.41. The molecule has 0 unspecified atom stereocenters. The predicted octanol–water partition coefficient (Wildman–Crippen LogP) is 3.68. The smallest absolute Gasteiger partial charge is 0.0924 e. The van der Waals surface area contributed by atoms with Crippen LogP contribution in [0, 0.1) is 23.7 Å². The Morgan fingerprint density at radius 2 is 1.87 bits per heavy atom. The van der Waals surface area contributed by atoms with Crippen LogP contribution >= 0.6 is 0 Å². The molecule has 0 amide bonds. The van der Waals surface area contributed by atoms with Crippen LogP contribution in [0.4, 0.5) is 0 Å². The quantitative estimate of drug-likeness (QED) is 0.572. The molecule has 132 valence electrons. The van der Waals surface area contributed by atoms with E-state index in [1.807, 2.05) is 6.92 Å². The zero-order valence-corrected chi connectivity index (χ0v) is 15.2. The van der Waals surface area contributed by atoms with Crippen molar-refractivity contribution in [1.29, 1.82) is 0 Å². The van der Waals surface area contributed by atoms with Gasteiger partial charge in [0.05, 0.1) is 23.4 Å². The maximum Gasteiger partial charge on any atom is 0.0924 e. The lowest BCUT2D eigenvalue weighted by molar-refractivity contribution is -0.0977. The van der Waals surface area contributed by atoms with Gasteiger partial charge in [0.1, 0.15) is 0 Å². The van der Waals surface area contributed by atoms with E-state index in [0.717, 1.165) is 44.1 Å². The third-order valence-corrected chi connectivity index (χ3v) is 7.05. The first-order chi connectivity index (χ1) is 10.7. The Morgan fingerprint density at radius 3 is 2.52 bits per heavy atom. The number of fused-ring (bicyclic) bond motifs is 3. The van der Waals surface area contributed by atoms with Crippen molar-refractivity contribution in [3.05, 3.63) is 12.2 Å². The molecule has 0 aromatic rings. The molecule has 0 bridgehead atoms. The summed E-state index contributed by atoms with van der Waals surface area (Å²) in [5, 5.41) is 21.4. The average Bonchev–Trinajstić information content (AvgIpc) is 3.13. The van der Waals surface area contributed by atoms with Crippen molar-refractivity contribution in [3.8, 4) is 0 Å². The normalized spacial score (nSPS) is 51.1. The van der Waals surface area contributed by atoms with Gasteiger partial charge in [-0.1, -0.05) is 20.4 Å². The number of epoxide rings is 1. The molecular weight excluding hydrogens is 288 g/mol. The zero-order valence-electron chi connectivity index (χ0n) is 15.2. The van der Waals surface area contributed by atoms with Gasteiger partial charge in [0.2, 0.25) is 0 Å². The SMILES string of the molecule is C=C1CC[C@@H]2[C@@H]([C@@H](C(C)C)CC[C@@]2(C)O)[C@@H]2O[C@@]2(C)CC[C@H]1O. The zero-order chi connectivity index (χ0) is 17.0. The van der Waals surface area contributed by atoms with Gasteiger partial charge in [-0.2, -0.15) is 0 Å². The molecule has 0 radical (unpaired) electrons. The van der Waals surface area contributed by atoms with E-state index in [1.54, 1.807) is 0 Å². The maximum atomic E-state index is 11.1. The van der Waals surface area contributed by atoms with Crippen LogP contribution in [0.1, 0.15) is 66.2 Å². The molecule has 2 N–H and O–H groups in total. The molecule has 3 aliphatic rings. The second-order valence-electron chi connectivity index (χ2n) is 9.09. The minimum Gasteiger partial charge on any atom is -0.390 e. The summed E-state index contributed by atoms with van der Waals surface area (Å²) in [4.78, 5) is 0. The molecule has 3 nitrogen and oxygen atoms in total. The van der Waals surface area contributed by atoms with Crippen LogP contribution in [-0.2, 0) is 4.74 Å². The van der Waals surface area contributed by atoms with Gasteiger partial charge in [-0.05, 0) is 81.6 Å². The Kier molecular flexibility index (Phi) is 4.44. The van der Waals surface area contributed by atoms with Gasteiger partial charge in [0.15, 0.2) is 0 Å². The summed E-state index contributed by atoms with van der Waals surface area (Å²) in [6.45, 7) is 12.9. The van der Waals surface area contributed by atoms with Crippen molar-refractivity contribution < 1.29 is 14.9 Å². The van der Waals surface area contributed by atoms with E-state index in [4.69, 9.17) is 4.74 Å². The van der Waals surface area contributed by atoms with Crippen LogP contribution in [0.3, 0.4) is 0 Å². The van der Waals surface area contributed by atoms with Crippen LogP contribution in [0.5, 0.6) is 0 Å². The monoisotopic (exact) mass is 322 g/mol. The first-order valence-electron chi connectivity index (χ1n) is 9.41. The summed E-state index contributed by atoms with van der Waals surface area (Å²) in [6, 6.07) is 0. The molecule has 2 aliphatic carbocycles. The largest absolute Gasteiger partial charge is 0.390 e. The van der Waals surface area contributed by atoms with Crippen molar-refractivity contribution in [2.75, 3.05) is 0 Å². The summed E-state index contributed by atoms with van der Waals surface area (Å²) < 4.78 is 6.21. The lowest BCUT2D eigenvalue weighted by atomic mass is 9.58. The van der Waals surface area contributed by atoms with E-state index >= 15 is 0 Å². The number of hydrogen-bond acceptors (Lipinski definition) is 3. The fourth-order valence-electron chi connectivity index (χ4n) is 5.34. The molecule has 0 aromatic heterocycles. The van der Waals surface area contributed by atoms with Crippen LogP contribution in [-0.4, -0.2) is 33.6 Å². The lowest BCUT2D eigenvalue weighted by Crippen LogP contribution is -2.50. The van der Waals surface area contributed by atoms with Crippen molar-refractivity contribution in [3.63, 3.8) is 0 Å². The van der Waals surface area contributed by atoms with Crippen LogP contribution < -0.4 is 0 Å². The number of rotatable bonds is 1. The molecule has 1 aliphatic heterocycles. The van der Waals surface area contributed by atoms with E-state index < -0.39 is 11.7 Å². The van der Waals surface area contributed by atoms with Gasteiger partial charge >= 0.3 is 0 Å². The van der Waals surface area contributed by atoms with E-state index in [-0.39, 0.29) is 17.6 Å². The second kappa shape index (κ2) is 5.86. The van der Waals surface area contributed by atoms with Gasteiger partial charge in [-0.15, -0.1) is 0 Å². The van der Waals surface area contributed by atoms with Gasteiger partial charge < -0.3 is 14.9 Å². The van der Waals surface area contributed by atoms with E-state index in [2.05, 4.69) is 27.4 Å². The number of aliphatic hydroxyl groups excluding tert-OH is 1. The Bertz CT molecular complexity index is 470. The third-order valence-electron chi connectivity index (χ3n) is 7.05. The third kappa shape index (κ3) is 3.12. The highest BCUT2D eigenvalue weighted by molar-refractivity contribution is 5.13. The molecule has 23 heavy (non-hydrogen) atoms. The Hall–Kier alpha value is -0.380. The molecule has 1 heterocycles. The predicted molar refractivity (Wildman–Crippen MR) is 92.1 cm³/mol. The summed E-state index contributed by atoms with van der Waals surface area (Å²) in [6.07, 6.45) is 5.12. The second-order valence-corrected chi connectivity index (χ2v) is 9.09. The van der Waals surface area contributed by atoms with E-state index in [0.29, 0.717) is 17.8 Å². The number of aliphatic hydroxyl groups is 2. The average molecular weight is 322 g/mol. The summed E-state index contributed by atoms with van der Waals surface area (Å²) in [5.41, 5.74) is 0.170. The van der Waals surface area contributed by atoms with Crippen LogP contribution in [0.25, 0.3) is 0 Å². The van der Waals surface area contributed by atoms with Crippen LogP contribution in [0.2, 0.25) is 0 Å². The first kappa shape index (κ1) is 17.4. The molecule has 3 fully saturated rings. The molecule has 0 aromatic carbocycles. The number of ether oxygens (including phenoxy) is 1. The van der Waals surface area contributed by atoms with Crippen LogP contribution in [0.15, 0.2) is 12.2 Å². The van der Waals surface area contributed by atoms with Gasteiger partial charge in [-0.25, -0.2) is 0 Å². The molecule has 3 heteroatoms. The number of hydrogen-bond donors (Lipinski definition) is 2. The Balaban J connectivity index is 1.93. The maximum absolute atomic E-state index is 11.1. The highest BCUT2D eigenvalue weighted by Crippen LogP contribution is 2.57. The minimum atomic E-state index is -0.632. The van der Waals surface area contributed by atoms with E-state index in [1.165, 1.54) is 0 Å².